The SMILES string of the molecule is Clc1cccc(-c2c(Cl)c[c]cc2Cl)c1. The Morgan fingerprint density at radius 1 is 0.933 bits per heavy atom. The Labute approximate surface area is 103 Å². The lowest BCUT2D eigenvalue weighted by Crippen LogP contribution is -1.81. The van der Waals surface area contributed by atoms with Gasteiger partial charge in [-0.25, -0.2) is 0 Å². The minimum Gasteiger partial charge on any atom is -0.0843 e. The second-order valence-corrected chi connectivity index (χ2v) is 4.29. The van der Waals surface area contributed by atoms with Crippen LogP contribution in [0.1, 0.15) is 0 Å². The second-order valence-electron chi connectivity index (χ2n) is 3.04. The van der Waals surface area contributed by atoms with Gasteiger partial charge in [-0.05, 0) is 35.9 Å². The molecule has 15 heavy (non-hydrogen) atoms. The quantitative estimate of drug-likeness (QED) is 0.665. The Morgan fingerprint density at radius 2 is 1.60 bits per heavy atom. The number of halogens is 3. The van der Waals surface area contributed by atoms with Gasteiger partial charge in [0.2, 0.25) is 0 Å². The maximum absolute atomic E-state index is 6.06. The van der Waals surface area contributed by atoms with Gasteiger partial charge in [0.05, 0.1) is 10.0 Å². The van der Waals surface area contributed by atoms with Gasteiger partial charge in [0.25, 0.3) is 0 Å². The van der Waals surface area contributed by atoms with Gasteiger partial charge in [0.1, 0.15) is 0 Å². The van der Waals surface area contributed by atoms with Gasteiger partial charge in [-0.3, -0.25) is 0 Å². The summed E-state index contributed by atoms with van der Waals surface area (Å²) in [7, 11) is 0. The minimum absolute atomic E-state index is 0.574. The lowest BCUT2D eigenvalue weighted by atomic mass is 10.1. The van der Waals surface area contributed by atoms with Crippen molar-refractivity contribution in [2.75, 3.05) is 0 Å². The Balaban J connectivity index is 2.63. The van der Waals surface area contributed by atoms with Gasteiger partial charge in [-0.2, -0.15) is 0 Å². The fourth-order valence-corrected chi connectivity index (χ4v) is 2.15. The molecular weight excluding hydrogens is 250 g/mol. The van der Waals surface area contributed by atoms with Crippen molar-refractivity contribution >= 4 is 34.8 Å². The second kappa shape index (κ2) is 4.44. The van der Waals surface area contributed by atoms with E-state index >= 15 is 0 Å². The number of hydrogen-bond acceptors (Lipinski definition) is 0. The molecule has 0 spiro atoms. The fourth-order valence-electron chi connectivity index (χ4n) is 1.37. The summed E-state index contributed by atoms with van der Waals surface area (Å²) in [5, 5.41) is 1.81. The van der Waals surface area contributed by atoms with E-state index < -0.39 is 0 Å². The first-order valence-corrected chi connectivity index (χ1v) is 5.43. The molecule has 0 fully saturated rings. The van der Waals surface area contributed by atoms with E-state index in [-0.39, 0.29) is 0 Å². The molecule has 0 aromatic heterocycles. The van der Waals surface area contributed by atoms with Crippen molar-refractivity contribution in [1.82, 2.24) is 0 Å². The first-order valence-electron chi connectivity index (χ1n) is 4.29. The maximum atomic E-state index is 6.06. The van der Waals surface area contributed by atoms with Gasteiger partial charge < -0.3 is 0 Å². The summed E-state index contributed by atoms with van der Waals surface area (Å²) in [6.07, 6.45) is 0. The summed E-state index contributed by atoms with van der Waals surface area (Å²) in [5.41, 5.74) is 1.70. The molecule has 0 amide bonds. The third-order valence-electron chi connectivity index (χ3n) is 2.01. The zero-order valence-corrected chi connectivity index (χ0v) is 9.87. The Morgan fingerprint density at radius 3 is 2.20 bits per heavy atom. The zero-order chi connectivity index (χ0) is 10.8. The molecule has 2 rings (SSSR count). The molecule has 0 nitrogen and oxygen atoms in total. The lowest BCUT2D eigenvalue weighted by Gasteiger charge is -2.06. The summed E-state index contributed by atoms with van der Waals surface area (Å²) < 4.78 is 0. The molecule has 75 valence electrons. The van der Waals surface area contributed by atoms with Crippen LogP contribution in [0.3, 0.4) is 0 Å². The molecule has 3 heteroatoms. The van der Waals surface area contributed by atoms with Crippen LogP contribution in [0.4, 0.5) is 0 Å². The molecular formula is C12H6Cl3. The largest absolute Gasteiger partial charge is 0.0843 e. The lowest BCUT2D eigenvalue weighted by molar-refractivity contribution is 1.61. The molecule has 0 bridgehead atoms. The number of hydrogen-bond donors (Lipinski definition) is 0. The average molecular weight is 257 g/mol. The smallest absolute Gasteiger partial charge is 0.0505 e. The fraction of sp³-hybridized carbons (Fsp3) is 0. The molecule has 0 aliphatic carbocycles. The number of rotatable bonds is 1. The van der Waals surface area contributed by atoms with Gasteiger partial charge in [-0.1, -0.05) is 46.9 Å². The van der Waals surface area contributed by atoms with Gasteiger partial charge in [0.15, 0.2) is 0 Å². The van der Waals surface area contributed by atoms with Crippen LogP contribution >= 0.6 is 34.8 Å². The molecule has 0 aliphatic heterocycles. The third-order valence-corrected chi connectivity index (χ3v) is 2.84. The van der Waals surface area contributed by atoms with Crippen LogP contribution in [-0.2, 0) is 0 Å². The van der Waals surface area contributed by atoms with Crippen LogP contribution < -0.4 is 0 Å². The molecule has 0 heterocycles. The maximum Gasteiger partial charge on any atom is 0.0505 e. The zero-order valence-electron chi connectivity index (χ0n) is 7.60. The number of benzene rings is 2. The standard InChI is InChI=1S/C12H6Cl3/c13-9-4-1-3-8(7-9)12-10(14)5-2-6-11(12)15/h1,3-7H. The van der Waals surface area contributed by atoms with E-state index in [1.54, 1.807) is 12.1 Å². The van der Waals surface area contributed by atoms with Crippen molar-refractivity contribution in [2.45, 2.75) is 0 Å². The van der Waals surface area contributed by atoms with Crippen molar-refractivity contribution in [2.24, 2.45) is 0 Å². The molecule has 2 aromatic carbocycles. The molecule has 0 saturated heterocycles. The molecule has 0 aliphatic rings. The Hall–Kier alpha value is -0.690. The summed E-state index contributed by atoms with van der Waals surface area (Å²) in [4.78, 5) is 0. The van der Waals surface area contributed by atoms with Crippen LogP contribution in [0, 0.1) is 6.07 Å². The highest BCUT2D eigenvalue weighted by atomic mass is 35.5. The first kappa shape index (κ1) is 10.8. The molecule has 0 saturated carbocycles. The van der Waals surface area contributed by atoms with Crippen LogP contribution in [-0.4, -0.2) is 0 Å². The molecule has 0 atom stereocenters. The summed E-state index contributed by atoms with van der Waals surface area (Å²) in [6, 6.07) is 13.6. The van der Waals surface area contributed by atoms with E-state index in [1.165, 1.54) is 0 Å². The Kier molecular flexibility index (Phi) is 3.20. The predicted octanol–water partition coefficient (Wildman–Crippen LogP) is 5.11. The molecule has 1 radical (unpaired) electrons. The monoisotopic (exact) mass is 255 g/mol. The molecule has 0 N–H and O–H groups in total. The van der Waals surface area contributed by atoms with Crippen molar-refractivity contribution in [1.29, 1.82) is 0 Å². The van der Waals surface area contributed by atoms with Crippen LogP contribution in [0.15, 0.2) is 36.4 Å². The van der Waals surface area contributed by atoms with E-state index in [4.69, 9.17) is 34.8 Å². The van der Waals surface area contributed by atoms with E-state index in [0.717, 1.165) is 11.1 Å². The predicted molar refractivity (Wildman–Crippen MR) is 65.7 cm³/mol. The highest BCUT2D eigenvalue weighted by Crippen LogP contribution is 2.35. The van der Waals surface area contributed by atoms with Crippen molar-refractivity contribution in [3.8, 4) is 11.1 Å². The molecule has 2 aromatic rings. The summed E-state index contributed by atoms with van der Waals surface area (Å²) in [6.45, 7) is 0. The molecule has 0 unspecified atom stereocenters. The van der Waals surface area contributed by atoms with E-state index in [2.05, 4.69) is 6.07 Å². The summed E-state index contributed by atoms with van der Waals surface area (Å²) >= 11 is 18.0. The van der Waals surface area contributed by atoms with E-state index in [0.29, 0.717) is 15.1 Å². The van der Waals surface area contributed by atoms with Crippen LogP contribution in [0.25, 0.3) is 11.1 Å². The van der Waals surface area contributed by atoms with E-state index in [1.807, 2.05) is 24.3 Å². The van der Waals surface area contributed by atoms with Crippen LogP contribution in [0.5, 0.6) is 0 Å². The topological polar surface area (TPSA) is 0 Å². The van der Waals surface area contributed by atoms with E-state index in [9.17, 15) is 0 Å². The van der Waals surface area contributed by atoms with Crippen molar-refractivity contribution < 1.29 is 0 Å². The average Bonchev–Trinajstić information content (AvgIpc) is 2.17. The third kappa shape index (κ3) is 2.28. The first-order chi connectivity index (χ1) is 7.18. The normalized spacial score (nSPS) is 10.3. The Bertz CT molecular complexity index is 472. The van der Waals surface area contributed by atoms with Crippen molar-refractivity contribution in [3.63, 3.8) is 0 Å². The highest BCUT2D eigenvalue weighted by Gasteiger charge is 2.07. The van der Waals surface area contributed by atoms with Crippen LogP contribution in [0.2, 0.25) is 15.1 Å². The summed E-state index contributed by atoms with van der Waals surface area (Å²) in [5.74, 6) is 0. The van der Waals surface area contributed by atoms with Gasteiger partial charge in [0, 0.05) is 10.6 Å². The van der Waals surface area contributed by atoms with Gasteiger partial charge in [-0.15, -0.1) is 0 Å². The van der Waals surface area contributed by atoms with Crippen molar-refractivity contribution in [3.05, 3.63) is 57.5 Å². The highest BCUT2D eigenvalue weighted by molar-refractivity contribution is 6.39. The van der Waals surface area contributed by atoms with Gasteiger partial charge >= 0.3 is 0 Å². The minimum atomic E-state index is 0.574.